The van der Waals surface area contributed by atoms with Crippen molar-refractivity contribution in [2.24, 2.45) is 0 Å². The van der Waals surface area contributed by atoms with Crippen LogP contribution in [0.4, 0.5) is 0 Å². The molecule has 1 spiro atoms. The zero-order chi connectivity index (χ0) is 20.9. The number of carbonyl (C=O) groups excluding carboxylic acids is 1. The van der Waals surface area contributed by atoms with E-state index in [1.807, 2.05) is 36.4 Å². The maximum atomic E-state index is 11.5. The van der Waals surface area contributed by atoms with E-state index < -0.39 is 5.79 Å². The fourth-order valence-electron chi connectivity index (χ4n) is 4.57. The third-order valence-corrected chi connectivity index (χ3v) is 5.71. The first kappa shape index (κ1) is 18.6. The number of ether oxygens (including phenoxy) is 5. The molecule has 1 aliphatic carbocycles. The Kier molecular flexibility index (Phi) is 4.24. The minimum Gasteiger partial charge on any atom is -0.496 e. The van der Waals surface area contributed by atoms with Crippen molar-refractivity contribution >= 4 is 16.7 Å². The highest BCUT2D eigenvalue weighted by Crippen LogP contribution is 2.53. The maximum absolute atomic E-state index is 11.5. The molecule has 5 rings (SSSR count). The molecule has 1 atom stereocenters. The normalized spacial score (nSPS) is 18.9. The van der Waals surface area contributed by atoms with Crippen LogP contribution in [0.1, 0.15) is 30.9 Å². The minimum absolute atomic E-state index is 0.372. The van der Waals surface area contributed by atoms with Gasteiger partial charge < -0.3 is 23.7 Å². The second kappa shape index (κ2) is 6.83. The Bertz CT molecular complexity index is 1150. The first-order valence-corrected chi connectivity index (χ1v) is 9.93. The first-order chi connectivity index (χ1) is 14.6. The molecule has 2 aliphatic rings. The predicted molar refractivity (Wildman–Crippen MR) is 111 cm³/mol. The molecule has 30 heavy (non-hydrogen) atoms. The van der Waals surface area contributed by atoms with Crippen LogP contribution in [0.5, 0.6) is 28.7 Å². The smallest absolute Gasteiger partial charge is 0.308 e. The van der Waals surface area contributed by atoms with Crippen LogP contribution in [0, 0.1) is 0 Å². The van der Waals surface area contributed by atoms with Crippen molar-refractivity contribution in [2.75, 3.05) is 14.2 Å². The maximum Gasteiger partial charge on any atom is 0.308 e. The Morgan fingerprint density at radius 3 is 2.37 bits per heavy atom. The lowest BCUT2D eigenvalue weighted by Gasteiger charge is -2.43. The summed E-state index contributed by atoms with van der Waals surface area (Å²) in [6.07, 6.45) is 2.41. The lowest BCUT2D eigenvalue weighted by molar-refractivity contribution is -0.139. The van der Waals surface area contributed by atoms with Crippen LogP contribution in [0.2, 0.25) is 0 Å². The molecule has 0 saturated heterocycles. The van der Waals surface area contributed by atoms with Gasteiger partial charge in [0.15, 0.2) is 0 Å². The summed E-state index contributed by atoms with van der Waals surface area (Å²) in [5, 5.41) is 1.56. The zero-order valence-corrected chi connectivity index (χ0v) is 17.1. The van der Waals surface area contributed by atoms with Crippen molar-refractivity contribution in [3.8, 4) is 28.7 Å². The van der Waals surface area contributed by atoms with Crippen LogP contribution in [0.25, 0.3) is 10.8 Å². The van der Waals surface area contributed by atoms with E-state index in [0.29, 0.717) is 29.4 Å². The number of rotatable bonds is 3. The lowest BCUT2D eigenvalue weighted by atomic mass is 9.84. The van der Waals surface area contributed by atoms with Crippen molar-refractivity contribution in [1.29, 1.82) is 0 Å². The van der Waals surface area contributed by atoms with Crippen LogP contribution < -0.4 is 23.7 Å². The summed E-state index contributed by atoms with van der Waals surface area (Å²) < 4.78 is 29.8. The monoisotopic (exact) mass is 406 g/mol. The van der Waals surface area contributed by atoms with E-state index >= 15 is 0 Å². The average molecular weight is 406 g/mol. The van der Waals surface area contributed by atoms with Gasteiger partial charge in [-0.3, -0.25) is 4.79 Å². The largest absolute Gasteiger partial charge is 0.496 e. The molecule has 0 bridgehead atoms. The summed E-state index contributed by atoms with van der Waals surface area (Å²) in [5.74, 6) is 1.96. The number of fused-ring (bicyclic) bond motifs is 2. The Labute approximate surface area is 174 Å². The van der Waals surface area contributed by atoms with Gasteiger partial charge >= 0.3 is 5.97 Å². The van der Waals surface area contributed by atoms with Crippen molar-refractivity contribution in [3.05, 3.63) is 53.6 Å². The Hall–Kier alpha value is -3.41. The van der Waals surface area contributed by atoms with E-state index in [0.717, 1.165) is 40.5 Å². The van der Waals surface area contributed by atoms with Crippen LogP contribution in [0.3, 0.4) is 0 Å². The van der Waals surface area contributed by atoms with Crippen LogP contribution in [-0.4, -0.2) is 20.2 Å². The zero-order valence-electron chi connectivity index (χ0n) is 17.1. The highest BCUT2D eigenvalue weighted by atomic mass is 16.7. The van der Waals surface area contributed by atoms with Gasteiger partial charge in [0.05, 0.1) is 25.2 Å². The summed E-state index contributed by atoms with van der Waals surface area (Å²) in [4.78, 5) is 11.5. The molecule has 3 aromatic rings. The fourth-order valence-corrected chi connectivity index (χ4v) is 4.57. The van der Waals surface area contributed by atoms with Gasteiger partial charge in [-0.1, -0.05) is 12.1 Å². The van der Waals surface area contributed by atoms with E-state index in [1.54, 1.807) is 20.3 Å². The van der Waals surface area contributed by atoms with Gasteiger partial charge in [0, 0.05) is 24.3 Å². The third-order valence-electron chi connectivity index (χ3n) is 5.71. The molecule has 6 heteroatoms. The highest BCUT2D eigenvalue weighted by Gasteiger charge is 2.48. The van der Waals surface area contributed by atoms with Crippen LogP contribution in [-0.2, 0) is 17.0 Å². The molecule has 3 aromatic carbocycles. The number of esters is 1. The van der Waals surface area contributed by atoms with Gasteiger partial charge in [-0.2, -0.15) is 0 Å². The molecule has 0 radical (unpaired) electrons. The van der Waals surface area contributed by atoms with Crippen LogP contribution >= 0.6 is 0 Å². The first-order valence-electron chi connectivity index (χ1n) is 9.93. The predicted octanol–water partition coefficient (Wildman–Crippen LogP) is 4.74. The molecular formula is C24H22O6. The molecule has 0 saturated carbocycles. The van der Waals surface area contributed by atoms with E-state index in [2.05, 4.69) is 0 Å². The second-order valence-corrected chi connectivity index (χ2v) is 7.47. The van der Waals surface area contributed by atoms with Crippen molar-refractivity contribution < 1.29 is 28.5 Å². The summed E-state index contributed by atoms with van der Waals surface area (Å²) in [5.41, 5.74) is 1.90. The van der Waals surface area contributed by atoms with Gasteiger partial charge in [-0.25, -0.2) is 0 Å². The van der Waals surface area contributed by atoms with Gasteiger partial charge in [-0.15, -0.1) is 0 Å². The third kappa shape index (κ3) is 2.67. The van der Waals surface area contributed by atoms with Crippen molar-refractivity contribution in [3.63, 3.8) is 0 Å². The summed E-state index contributed by atoms with van der Waals surface area (Å²) in [6, 6.07) is 13.1. The lowest BCUT2D eigenvalue weighted by Crippen LogP contribution is -2.44. The van der Waals surface area contributed by atoms with E-state index in [-0.39, 0.29) is 5.97 Å². The number of benzene rings is 3. The molecule has 0 amide bonds. The second-order valence-electron chi connectivity index (χ2n) is 7.47. The number of hydrogen-bond donors (Lipinski definition) is 0. The topological polar surface area (TPSA) is 63.2 Å². The molecule has 1 unspecified atom stereocenters. The molecule has 1 heterocycles. The van der Waals surface area contributed by atoms with Crippen molar-refractivity contribution in [2.45, 2.75) is 32.0 Å². The van der Waals surface area contributed by atoms with E-state index in [9.17, 15) is 4.79 Å². The van der Waals surface area contributed by atoms with Gasteiger partial charge in [0.1, 0.15) is 28.7 Å². The summed E-state index contributed by atoms with van der Waals surface area (Å²) in [7, 11) is 3.31. The average Bonchev–Trinajstić information content (AvgIpc) is 2.75. The summed E-state index contributed by atoms with van der Waals surface area (Å²) >= 11 is 0. The van der Waals surface area contributed by atoms with Crippen LogP contribution in [0.15, 0.2) is 42.5 Å². The quantitative estimate of drug-likeness (QED) is 0.462. The Morgan fingerprint density at radius 2 is 1.63 bits per heavy atom. The van der Waals surface area contributed by atoms with Gasteiger partial charge in [-0.05, 0) is 43.2 Å². The Morgan fingerprint density at radius 1 is 0.933 bits per heavy atom. The number of hydrogen-bond acceptors (Lipinski definition) is 6. The molecule has 0 fully saturated rings. The Balaban J connectivity index is 1.71. The van der Waals surface area contributed by atoms with Gasteiger partial charge in [0.25, 0.3) is 5.79 Å². The van der Waals surface area contributed by atoms with E-state index in [1.165, 1.54) is 6.92 Å². The molecule has 154 valence electrons. The van der Waals surface area contributed by atoms with E-state index in [4.69, 9.17) is 23.7 Å². The molecule has 0 aromatic heterocycles. The molecule has 1 aliphatic heterocycles. The molecular weight excluding hydrogens is 384 g/mol. The molecule has 0 N–H and O–H groups in total. The van der Waals surface area contributed by atoms with Gasteiger partial charge in [0.2, 0.25) is 0 Å². The minimum atomic E-state index is -1.02. The standard InChI is InChI=1S/C24H22O6/c1-14(25)28-18-10-11-20-22-15(18)6-4-8-19(22)29-24(30-20)13-5-7-16-17(26-2)9-12-21(27-3)23(16)24/h4,6,8-12H,5,7,13H2,1-3H3. The summed E-state index contributed by atoms with van der Waals surface area (Å²) in [6.45, 7) is 1.38. The SMILES string of the molecule is COc1ccc(OC)c2c1CCCC21Oc2cccc3c(OC(C)=O)ccc(c23)O1. The van der Waals surface area contributed by atoms with Crippen molar-refractivity contribution in [1.82, 2.24) is 0 Å². The number of methoxy groups -OCH3 is 2. The molecule has 6 nitrogen and oxygen atoms in total. The highest BCUT2D eigenvalue weighted by molar-refractivity contribution is 5.99. The fraction of sp³-hybridized carbons (Fsp3) is 0.292. The number of carbonyl (C=O) groups is 1.